The summed E-state index contributed by atoms with van der Waals surface area (Å²) in [5, 5.41) is -2.20. The van der Waals surface area contributed by atoms with E-state index in [1.165, 1.54) is 0 Å². The Morgan fingerprint density at radius 2 is 1.42 bits per heavy atom. The molecule has 0 nitrogen and oxygen atoms in total. The van der Waals surface area contributed by atoms with Crippen molar-refractivity contribution in [3.05, 3.63) is 0 Å². The van der Waals surface area contributed by atoms with Gasteiger partial charge in [-0.1, -0.05) is 0 Å². The molecule has 0 heterocycles. The van der Waals surface area contributed by atoms with Crippen LogP contribution in [-0.4, -0.2) is 23.6 Å². The van der Waals surface area contributed by atoms with Crippen LogP contribution in [0.3, 0.4) is 0 Å². The highest BCUT2D eigenvalue weighted by Gasteiger charge is 2.58. The fourth-order valence-electron chi connectivity index (χ4n) is 0.420. The predicted octanol–water partition coefficient (Wildman–Crippen LogP) is 3.15. The molecule has 0 fully saturated rings. The quantitative estimate of drug-likeness (QED) is 0.489. The molecule has 0 aliphatic carbocycles. The molecule has 0 bridgehead atoms. The van der Waals surface area contributed by atoms with Gasteiger partial charge in [-0.3, -0.25) is 0 Å². The highest BCUT2D eigenvalue weighted by atomic mass is 35.5. The molecule has 0 spiro atoms. The van der Waals surface area contributed by atoms with E-state index < -0.39 is 23.6 Å². The zero-order chi connectivity index (χ0) is 10.2. The van der Waals surface area contributed by atoms with Crippen molar-refractivity contribution in [1.29, 1.82) is 0 Å². The summed E-state index contributed by atoms with van der Waals surface area (Å²) in [4.78, 5) is 0. The molecule has 0 amide bonds. The molecular weight excluding hydrogens is 209 g/mol. The van der Waals surface area contributed by atoms with Crippen LogP contribution in [0.5, 0.6) is 0 Å². The predicted molar refractivity (Wildman–Crippen MR) is 31.2 cm³/mol. The van der Waals surface area contributed by atoms with Crippen LogP contribution in [0.4, 0.5) is 26.3 Å². The fourth-order valence-corrected chi connectivity index (χ4v) is 0.530. The van der Waals surface area contributed by atoms with Crippen molar-refractivity contribution in [2.45, 2.75) is 30.6 Å². The number of halogens is 7. The lowest BCUT2D eigenvalue weighted by molar-refractivity contribution is -0.243. The average Bonchev–Trinajstić information content (AvgIpc) is 1.83. The van der Waals surface area contributed by atoms with E-state index in [2.05, 4.69) is 11.6 Å². The molecule has 0 rings (SSSR count). The molecule has 0 aromatic carbocycles. The standard InChI is InChI=1S/C5H5ClF6/c1-2(6)4(8,9)3(7)5(10,11)12/h2-3H,1H3. The summed E-state index contributed by atoms with van der Waals surface area (Å²) in [6.45, 7) is 0.597. The van der Waals surface area contributed by atoms with Gasteiger partial charge in [0.15, 0.2) is 0 Å². The van der Waals surface area contributed by atoms with Gasteiger partial charge in [0.05, 0.1) is 5.38 Å². The monoisotopic (exact) mass is 214 g/mol. The Bertz CT molecular complexity index is 151. The summed E-state index contributed by atoms with van der Waals surface area (Å²) in [5.74, 6) is -4.58. The molecule has 0 aromatic heterocycles. The van der Waals surface area contributed by atoms with Crippen LogP contribution in [0, 0.1) is 0 Å². The van der Waals surface area contributed by atoms with Crippen molar-refractivity contribution in [3.8, 4) is 0 Å². The molecule has 0 aromatic rings. The van der Waals surface area contributed by atoms with E-state index in [4.69, 9.17) is 0 Å². The first-order valence-electron chi connectivity index (χ1n) is 2.82. The minimum absolute atomic E-state index is 0.597. The van der Waals surface area contributed by atoms with Crippen LogP contribution in [0.2, 0.25) is 0 Å². The molecule has 7 heteroatoms. The van der Waals surface area contributed by atoms with Crippen molar-refractivity contribution in [2.24, 2.45) is 0 Å². The molecular formula is C5H5ClF6. The van der Waals surface area contributed by atoms with Crippen LogP contribution >= 0.6 is 11.6 Å². The Kier molecular flexibility index (Phi) is 3.28. The zero-order valence-electron chi connectivity index (χ0n) is 5.80. The first-order chi connectivity index (χ1) is 5.10. The second-order valence-corrected chi connectivity index (χ2v) is 2.85. The Morgan fingerprint density at radius 1 is 1.08 bits per heavy atom. The van der Waals surface area contributed by atoms with E-state index in [0.29, 0.717) is 6.92 Å². The Morgan fingerprint density at radius 3 is 1.50 bits per heavy atom. The summed E-state index contributed by atoms with van der Waals surface area (Å²) in [6.07, 6.45) is -9.79. The van der Waals surface area contributed by atoms with Crippen molar-refractivity contribution in [2.75, 3.05) is 0 Å². The first-order valence-corrected chi connectivity index (χ1v) is 3.26. The minimum Gasteiger partial charge on any atom is -0.231 e. The maximum atomic E-state index is 12.2. The average molecular weight is 215 g/mol. The fraction of sp³-hybridized carbons (Fsp3) is 1.00. The molecule has 2 unspecified atom stereocenters. The maximum Gasteiger partial charge on any atom is 0.425 e. The maximum absolute atomic E-state index is 12.2. The van der Waals surface area contributed by atoms with Crippen molar-refractivity contribution >= 4 is 11.6 Å². The van der Waals surface area contributed by atoms with Crippen LogP contribution in [0.25, 0.3) is 0 Å². The Hall–Kier alpha value is -0.130. The van der Waals surface area contributed by atoms with Gasteiger partial charge in [0, 0.05) is 0 Å². The Balaban J connectivity index is 4.57. The van der Waals surface area contributed by atoms with E-state index in [0.717, 1.165) is 0 Å². The van der Waals surface area contributed by atoms with Gasteiger partial charge >= 0.3 is 12.1 Å². The van der Waals surface area contributed by atoms with E-state index >= 15 is 0 Å². The molecule has 0 aliphatic heterocycles. The van der Waals surface area contributed by atoms with Crippen molar-refractivity contribution < 1.29 is 26.3 Å². The molecule has 0 radical (unpaired) electrons. The topological polar surface area (TPSA) is 0 Å². The smallest absolute Gasteiger partial charge is 0.231 e. The first kappa shape index (κ1) is 11.9. The van der Waals surface area contributed by atoms with Gasteiger partial charge < -0.3 is 0 Å². The lowest BCUT2D eigenvalue weighted by atomic mass is 10.1. The summed E-state index contributed by atoms with van der Waals surface area (Å²) in [7, 11) is 0. The van der Waals surface area contributed by atoms with E-state index in [-0.39, 0.29) is 0 Å². The van der Waals surface area contributed by atoms with Crippen LogP contribution in [-0.2, 0) is 0 Å². The lowest BCUT2D eigenvalue weighted by Crippen LogP contribution is -2.46. The highest BCUT2D eigenvalue weighted by Crippen LogP contribution is 2.38. The van der Waals surface area contributed by atoms with Gasteiger partial charge in [-0.2, -0.15) is 13.2 Å². The van der Waals surface area contributed by atoms with Crippen molar-refractivity contribution in [3.63, 3.8) is 0 Å². The molecule has 0 aliphatic rings. The van der Waals surface area contributed by atoms with Crippen molar-refractivity contribution in [1.82, 2.24) is 0 Å². The number of rotatable bonds is 2. The van der Waals surface area contributed by atoms with E-state index in [1.807, 2.05) is 0 Å². The lowest BCUT2D eigenvalue weighted by Gasteiger charge is -2.24. The number of hydrogen-bond donors (Lipinski definition) is 0. The number of hydrogen-bond acceptors (Lipinski definition) is 0. The number of alkyl halides is 7. The molecule has 12 heavy (non-hydrogen) atoms. The van der Waals surface area contributed by atoms with E-state index in [9.17, 15) is 26.3 Å². The zero-order valence-corrected chi connectivity index (χ0v) is 6.56. The molecule has 0 saturated carbocycles. The van der Waals surface area contributed by atoms with Crippen LogP contribution in [0.1, 0.15) is 6.92 Å². The van der Waals surface area contributed by atoms with Gasteiger partial charge in [-0.15, -0.1) is 11.6 Å². The molecule has 2 atom stereocenters. The third-order valence-corrected chi connectivity index (χ3v) is 1.45. The Labute approximate surface area is 69.5 Å². The van der Waals surface area contributed by atoms with Gasteiger partial charge in [0.25, 0.3) is 6.17 Å². The summed E-state index contributed by atoms with van der Waals surface area (Å²) in [5.41, 5.74) is 0. The minimum atomic E-state index is -5.58. The van der Waals surface area contributed by atoms with Gasteiger partial charge in [0.1, 0.15) is 0 Å². The summed E-state index contributed by atoms with van der Waals surface area (Å²) in [6, 6.07) is 0. The summed E-state index contributed by atoms with van der Waals surface area (Å²) < 4.78 is 70.6. The van der Waals surface area contributed by atoms with Crippen LogP contribution < -0.4 is 0 Å². The second-order valence-electron chi connectivity index (χ2n) is 2.19. The molecule has 0 N–H and O–H groups in total. The largest absolute Gasteiger partial charge is 0.425 e. The van der Waals surface area contributed by atoms with Gasteiger partial charge in [-0.05, 0) is 6.92 Å². The SMILES string of the molecule is CC(Cl)C(F)(F)C(F)C(F)(F)F. The normalized spacial score (nSPS) is 19.0. The van der Waals surface area contributed by atoms with Gasteiger partial charge in [-0.25, -0.2) is 13.2 Å². The van der Waals surface area contributed by atoms with E-state index in [1.54, 1.807) is 0 Å². The second kappa shape index (κ2) is 3.32. The molecule has 0 saturated heterocycles. The summed E-state index contributed by atoms with van der Waals surface area (Å²) >= 11 is 4.68. The third kappa shape index (κ3) is 2.43. The van der Waals surface area contributed by atoms with Gasteiger partial charge in [0.2, 0.25) is 0 Å². The molecule has 74 valence electrons. The highest BCUT2D eigenvalue weighted by molar-refractivity contribution is 6.21. The van der Waals surface area contributed by atoms with Crippen LogP contribution in [0.15, 0.2) is 0 Å². The third-order valence-electron chi connectivity index (χ3n) is 1.16.